The summed E-state index contributed by atoms with van der Waals surface area (Å²) < 4.78 is 58.5. The number of nitrogens with one attached hydrogen (secondary N) is 2. The fraction of sp³-hybridized carbons (Fsp3) is 0.125. The summed E-state index contributed by atoms with van der Waals surface area (Å²) in [6.07, 6.45) is 2.69. The standard InChI is InChI=1S/C32H22ClF3N2O6/c33-22-12-18(5-6-23(22)34)37-25-3-1-2-16-10-27(43-19-8-9-42-15-19)26(14-20(16)25)38-28(39)7-4-17-11-29(40)44-32-21(17)13-24(35)31(41)30(32)36/h1-7,10-14,19,37,41H,8-9,15H2,(H,38,39)/b7-4+. The average Bonchev–Trinajstić information content (AvgIpc) is 3.51. The van der Waals surface area contributed by atoms with E-state index in [4.69, 9.17) is 25.5 Å². The molecule has 0 spiro atoms. The van der Waals surface area contributed by atoms with E-state index in [1.807, 2.05) is 12.1 Å². The SMILES string of the molecule is O=C(/C=C/c1cc(=O)oc2c(F)c(O)c(F)cc12)Nc1cc2c(Nc3ccc(F)c(Cl)c3)cccc2cc1OC1CCOC1. The maximum absolute atomic E-state index is 14.4. The Kier molecular flexibility index (Phi) is 7.90. The van der Waals surface area contributed by atoms with E-state index in [0.717, 1.165) is 23.6 Å². The van der Waals surface area contributed by atoms with Crippen molar-refractivity contribution in [3.63, 3.8) is 0 Å². The van der Waals surface area contributed by atoms with E-state index in [9.17, 15) is 27.9 Å². The minimum absolute atomic E-state index is 0.00765. The third-order valence-electron chi connectivity index (χ3n) is 6.97. The largest absolute Gasteiger partial charge is 0.503 e. The highest BCUT2D eigenvalue weighted by molar-refractivity contribution is 6.31. The molecule has 224 valence electrons. The molecular formula is C32H22ClF3N2O6. The molecule has 1 aromatic heterocycles. The summed E-state index contributed by atoms with van der Waals surface area (Å²) in [4.78, 5) is 25.2. The topological polar surface area (TPSA) is 110 Å². The van der Waals surface area contributed by atoms with Crippen molar-refractivity contribution < 1.29 is 37.0 Å². The van der Waals surface area contributed by atoms with Gasteiger partial charge in [0.1, 0.15) is 17.7 Å². The van der Waals surface area contributed by atoms with Crippen LogP contribution in [0.4, 0.5) is 30.2 Å². The molecule has 44 heavy (non-hydrogen) atoms. The number of phenolic OH excluding ortho intramolecular Hbond substituents is 1. The first-order valence-corrected chi connectivity index (χ1v) is 13.7. The smallest absolute Gasteiger partial charge is 0.336 e. The quantitative estimate of drug-likeness (QED) is 0.129. The number of carbonyl (C=O) groups is 1. The highest BCUT2D eigenvalue weighted by atomic mass is 35.5. The van der Waals surface area contributed by atoms with Gasteiger partial charge in [-0.15, -0.1) is 0 Å². The van der Waals surface area contributed by atoms with Crippen LogP contribution in [-0.4, -0.2) is 30.3 Å². The van der Waals surface area contributed by atoms with Gasteiger partial charge in [0.2, 0.25) is 11.7 Å². The number of hydrogen-bond acceptors (Lipinski definition) is 7. The van der Waals surface area contributed by atoms with Crippen molar-refractivity contribution in [2.45, 2.75) is 12.5 Å². The van der Waals surface area contributed by atoms with Gasteiger partial charge in [0.05, 0.1) is 23.9 Å². The molecule has 1 aliphatic heterocycles. The van der Waals surface area contributed by atoms with Gasteiger partial charge in [-0.05, 0) is 59.5 Å². The van der Waals surface area contributed by atoms with Crippen LogP contribution in [0.2, 0.25) is 5.02 Å². The normalized spacial score (nSPS) is 14.9. The third kappa shape index (κ3) is 5.92. The molecular weight excluding hydrogens is 601 g/mol. The van der Waals surface area contributed by atoms with Crippen LogP contribution >= 0.6 is 11.6 Å². The number of fused-ring (bicyclic) bond motifs is 2. The first-order chi connectivity index (χ1) is 21.2. The molecule has 0 aliphatic carbocycles. The second kappa shape index (κ2) is 11.9. The summed E-state index contributed by atoms with van der Waals surface area (Å²) in [6, 6.07) is 15.0. The van der Waals surface area contributed by atoms with Gasteiger partial charge in [0, 0.05) is 40.7 Å². The molecule has 6 rings (SSSR count). The van der Waals surface area contributed by atoms with Crippen LogP contribution in [-0.2, 0) is 9.53 Å². The Morgan fingerprint density at radius 1 is 1.02 bits per heavy atom. The molecule has 2 heterocycles. The van der Waals surface area contributed by atoms with Crippen LogP contribution < -0.4 is 21.0 Å². The van der Waals surface area contributed by atoms with Crippen molar-refractivity contribution in [1.82, 2.24) is 0 Å². The van der Waals surface area contributed by atoms with Crippen LogP contribution in [0, 0.1) is 17.5 Å². The first-order valence-electron chi connectivity index (χ1n) is 13.3. The Labute approximate surface area is 252 Å². The van der Waals surface area contributed by atoms with Crippen molar-refractivity contribution >= 4 is 62.4 Å². The summed E-state index contributed by atoms with van der Waals surface area (Å²) >= 11 is 5.95. The zero-order valence-corrected chi connectivity index (χ0v) is 23.4. The van der Waals surface area contributed by atoms with E-state index >= 15 is 0 Å². The van der Waals surface area contributed by atoms with Gasteiger partial charge in [-0.1, -0.05) is 23.7 Å². The van der Waals surface area contributed by atoms with Crippen LogP contribution in [0.3, 0.4) is 0 Å². The highest BCUT2D eigenvalue weighted by Gasteiger charge is 2.21. The number of anilines is 3. The number of benzene rings is 4. The number of hydrogen-bond donors (Lipinski definition) is 3. The Morgan fingerprint density at radius 3 is 2.64 bits per heavy atom. The van der Waals surface area contributed by atoms with Gasteiger partial charge < -0.3 is 29.6 Å². The number of halogens is 4. The Hall–Kier alpha value is -5.00. The van der Waals surface area contributed by atoms with Crippen LogP contribution in [0.5, 0.6) is 11.5 Å². The second-order valence-electron chi connectivity index (χ2n) is 9.97. The maximum atomic E-state index is 14.4. The lowest BCUT2D eigenvalue weighted by Gasteiger charge is -2.18. The Morgan fingerprint density at radius 2 is 1.86 bits per heavy atom. The van der Waals surface area contributed by atoms with Crippen molar-refractivity contribution in [3.05, 3.63) is 105 Å². The minimum atomic E-state index is -1.43. The molecule has 4 aromatic carbocycles. The molecule has 0 saturated carbocycles. The summed E-state index contributed by atoms with van der Waals surface area (Å²) in [5.41, 5.74) is -0.128. The van der Waals surface area contributed by atoms with E-state index in [1.54, 1.807) is 18.2 Å². The molecule has 12 heteroatoms. The van der Waals surface area contributed by atoms with E-state index in [2.05, 4.69) is 10.6 Å². The van der Waals surface area contributed by atoms with Crippen molar-refractivity contribution in [2.75, 3.05) is 23.8 Å². The number of carbonyl (C=O) groups excluding carboxylic acids is 1. The van der Waals surface area contributed by atoms with Crippen molar-refractivity contribution in [2.24, 2.45) is 0 Å². The number of aromatic hydroxyl groups is 1. The number of amides is 1. The van der Waals surface area contributed by atoms with Crippen LogP contribution in [0.1, 0.15) is 12.0 Å². The average molecular weight is 623 g/mol. The molecule has 5 aromatic rings. The molecule has 1 atom stereocenters. The van der Waals surface area contributed by atoms with Gasteiger partial charge in [-0.25, -0.2) is 13.6 Å². The predicted octanol–water partition coefficient (Wildman–Crippen LogP) is 7.29. The van der Waals surface area contributed by atoms with Gasteiger partial charge in [0.15, 0.2) is 17.1 Å². The van der Waals surface area contributed by atoms with Crippen molar-refractivity contribution in [3.8, 4) is 11.5 Å². The van der Waals surface area contributed by atoms with Crippen molar-refractivity contribution in [1.29, 1.82) is 0 Å². The molecule has 1 fully saturated rings. The number of phenols is 1. The molecule has 0 radical (unpaired) electrons. The second-order valence-corrected chi connectivity index (χ2v) is 10.4. The molecule has 3 N–H and O–H groups in total. The predicted molar refractivity (Wildman–Crippen MR) is 160 cm³/mol. The lowest BCUT2D eigenvalue weighted by molar-refractivity contribution is -0.111. The number of ether oxygens (including phenoxy) is 2. The molecule has 1 saturated heterocycles. The molecule has 8 nitrogen and oxygen atoms in total. The fourth-order valence-corrected chi connectivity index (χ4v) is 5.02. The molecule has 1 unspecified atom stereocenters. The minimum Gasteiger partial charge on any atom is -0.503 e. The van der Waals surface area contributed by atoms with Gasteiger partial charge in [-0.2, -0.15) is 4.39 Å². The Bertz CT molecular complexity index is 2020. The molecule has 1 amide bonds. The third-order valence-corrected chi connectivity index (χ3v) is 7.26. The zero-order valence-electron chi connectivity index (χ0n) is 22.6. The summed E-state index contributed by atoms with van der Waals surface area (Å²) in [5.74, 6) is -4.80. The first kappa shape index (κ1) is 29.1. The van der Waals surface area contributed by atoms with Gasteiger partial charge >= 0.3 is 5.63 Å². The molecule has 1 aliphatic rings. The van der Waals surface area contributed by atoms with E-state index in [0.29, 0.717) is 47.8 Å². The Balaban J connectivity index is 1.35. The maximum Gasteiger partial charge on any atom is 0.336 e. The number of rotatable bonds is 7. The van der Waals surface area contributed by atoms with Gasteiger partial charge in [-0.3, -0.25) is 4.79 Å². The highest BCUT2D eigenvalue weighted by Crippen LogP contribution is 2.37. The zero-order chi connectivity index (χ0) is 31.0. The van der Waals surface area contributed by atoms with E-state index in [1.165, 1.54) is 24.3 Å². The lowest BCUT2D eigenvalue weighted by Crippen LogP contribution is -2.18. The summed E-state index contributed by atoms with van der Waals surface area (Å²) in [6.45, 7) is 0.916. The van der Waals surface area contributed by atoms with Crippen LogP contribution in [0.25, 0.3) is 27.8 Å². The van der Waals surface area contributed by atoms with E-state index < -0.39 is 40.3 Å². The summed E-state index contributed by atoms with van der Waals surface area (Å²) in [7, 11) is 0. The summed E-state index contributed by atoms with van der Waals surface area (Å²) in [5, 5.41) is 16.8. The molecule has 0 bridgehead atoms. The lowest BCUT2D eigenvalue weighted by atomic mass is 10.1. The van der Waals surface area contributed by atoms with Crippen LogP contribution in [0.15, 0.2) is 76.0 Å². The van der Waals surface area contributed by atoms with E-state index in [-0.39, 0.29) is 22.1 Å². The fourth-order valence-electron chi connectivity index (χ4n) is 4.84. The monoisotopic (exact) mass is 622 g/mol. The van der Waals surface area contributed by atoms with Gasteiger partial charge in [0.25, 0.3) is 0 Å².